The minimum Gasteiger partial charge on any atom is -0.479 e. The maximum Gasteiger partial charge on any atom is 0.265 e. The van der Waals surface area contributed by atoms with Crippen LogP contribution in [0.25, 0.3) is 11.5 Å². The van der Waals surface area contributed by atoms with Crippen LogP contribution in [0.1, 0.15) is 38.1 Å². The van der Waals surface area contributed by atoms with E-state index in [1.165, 1.54) is 0 Å². The molecule has 1 heterocycles. The van der Waals surface area contributed by atoms with Crippen LogP contribution in [0.3, 0.4) is 0 Å². The van der Waals surface area contributed by atoms with E-state index in [2.05, 4.69) is 15.5 Å². The number of aryl methyl sites for hydroxylation is 1. The largest absolute Gasteiger partial charge is 0.479 e. The smallest absolute Gasteiger partial charge is 0.265 e. The van der Waals surface area contributed by atoms with Gasteiger partial charge in [-0.15, -0.1) is 0 Å². The molecule has 8 heteroatoms. The maximum atomic E-state index is 12.8. The monoisotopic (exact) mass is 433 g/mol. The molecule has 0 aliphatic rings. The van der Waals surface area contributed by atoms with Crippen LogP contribution >= 0.6 is 23.2 Å². The van der Waals surface area contributed by atoms with E-state index in [0.29, 0.717) is 38.8 Å². The van der Waals surface area contributed by atoms with Crippen LogP contribution in [0, 0.1) is 6.92 Å². The molecule has 29 heavy (non-hydrogen) atoms. The van der Waals surface area contributed by atoms with Crippen LogP contribution < -0.4 is 10.1 Å². The molecule has 3 aromatic rings. The summed E-state index contributed by atoms with van der Waals surface area (Å²) < 4.78 is 11.1. The van der Waals surface area contributed by atoms with Crippen molar-refractivity contribution >= 4 is 34.8 Å². The highest BCUT2D eigenvalue weighted by Gasteiger charge is 2.21. The van der Waals surface area contributed by atoms with E-state index in [9.17, 15) is 4.79 Å². The van der Waals surface area contributed by atoms with Crippen molar-refractivity contribution in [1.82, 2.24) is 10.1 Å². The van der Waals surface area contributed by atoms with Crippen molar-refractivity contribution in [2.24, 2.45) is 0 Å². The molecular weight excluding hydrogens is 413 g/mol. The summed E-state index contributed by atoms with van der Waals surface area (Å²) in [6.45, 7) is 7.49. The van der Waals surface area contributed by atoms with E-state index in [1.807, 2.05) is 39.0 Å². The van der Waals surface area contributed by atoms with Crippen molar-refractivity contribution in [2.75, 3.05) is 5.32 Å². The molecule has 152 valence electrons. The average Bonchev–Trinajstić information content (AvgIpc) is 3.15. The van der Waals surface area contributed by atoms with E-state index in [1.54, 1.807) is 25.1 Å². The molecule has 6 nitrogen and oxygen atoms in total. The first-order valence-corrected chi connectivity index (χ1v) is 9.88. The summed E-state index contributed by atoms with van der Waals surface area (Å²) >= 11 is 12.0. The lowest BCUT2D eigenvalue weighted by Crippen LogP contribution is -2.30. The van der Waals surface area contributed by atoms with Gasteiger partial charge in [0.25, 0.3) is 11.8 Å². The number of amides is 1. The fourth-order valence-electron chi connectivity index (χ4n) is 2.63. The van der Waals surface area contributed by atoms with Gasteiger partial charge >= 0.3 is 0 Å². The van der Waals surface area contributed by atoms with E-state index >= 15 is 0 Å². The number of hydrogen-bond donors (Lipinski definition) is 1. The molecule has 1 amide bonds. The molecule has 0 aliphatic carbocycles. The molecule has 1 N–H and O–H groups in total. The maximum absolute atomic E-state index is 12.8. The van der Waals surface area contributed by atoms with Crippen molar-refractivity contribution in [2.45, 2.75) is 39.7 Å². The Balaban J connectivity index is 1.82. The molecule has 0 saturated carbocycles. The molecular formula is C21H21Cl2N3O3. The number of benzene rings is 2. The molecule has 2 aromatic carbocycles. The van der Waals surface area contributed by atoms with Gasteiger partial charge in [0.1, 0.15) is 5.75 Å². The summed E-state index contributed by atoms with van der Waals surface area (Å²) in [4.78, 5) is 17.2. The normalized spacial score (nSPS) is 12.1. The number of anilines is 1. The highest BCUT2D eigenvalue weighted by atomic mass is 35.5. The van der Waals surface area contributed by atoms with E-state index < -0.39 is 6.10 Å². The summed E-state index contributed by atoms with van der Waals surface area (Å²) in [5.41, 5.74) is 2.10. The fourth-order valence-corrected chi connectivity index (χ4v) is 3.08. The van der Waals surface area contributed by atoms with Crippen molar-refractivity contribution in [3.63, 3.8) is 0 Å². The molecule has 1 aromatic heterocycles. The zero-order valence-electron chi connectivity index (χ0n) is 16.5. The van der Waals surface area contributed by atoms with Gasteiger partial charge in [-0.2, -0.15) is 4.98 Å². The highest BCUT2D eigenvalue weighted by molar-refractivity contribution is 6.35. The number of carbonyl (C=O) groups excluding carboxylic acids is 1. The minimum atomic E-state index is -0.796. The molecule has 3 rings (SSSR count). The van der Waals surface area contributed by atoms with Crippen molar-refractivity contribution in [3.8, 4) is 17.2 Å². The first-order valence-electron chi connectivity index (χ1n) is 9.12. The fraction of sp³-hybridized carbons (Fsp3) is 0.286. The van der Waals surface area contributed by atoms with Crippen LogP contribution in [0.15, 0.2) is 40.9 Å². The number of para-hydroxylation sites is 1. The van der Waals surface area contributed by atoms with Crippen molar-refractivity contribution in [3.05, 3.63) is 57.8 Å². The number of hydrogen-bond acceptors (Lipinski definition) is 5. The van der Waals surface area contributed by atoms with Crippen LogP contribution in [0.5, 0.6) is 5.75 Å². The second-order valence-corrected chi connectivity index (χ2v) is 7.78. The number of rotatable bonds is 6. The number of nitrogens with zero attached hydrogens (tertiary/aromatic N) is 2. The standard InChI is InChI=1S/C21H21Cl2N3O3/c1-11(2)19-25-21(29-26-19)15-7-5-6-12(3)18(15)24-20(27)13(4)28-17-9-8-14(22)10-16(17)23/h5-11,13H,1-4H3,(H,24,27). The van der Waals surface area contributed by atoms with Gasteiger partial charge in [0.15, 0.2) is 11.9 Å². The van der Waals surface area contributed by atoms with E-state index in [4.69, 9.17) is 32.5 Å². The van der Waals surface area contributed by atoms with Crippen molar-refractivity contribution in [1.29, 1.82) is 0 Å². The molecule has 0 bridgehead atoms. The number of carbonyl (C=O) groups is 1. The third-order valence-electron chi connectivity index (χ3n) is 4.28. The summed E-state index contributed by atoms with van der Waals surface area (Å²) in [5, 5.41) is 7.73. The van der Waals surface area contributed by atoms with Gasteiger partial charge in [-0.1, -0.05) is 54.3 Å². The van der Waals surface area contributed by atoms with Crippen LogP contribution in [0.2, 0.25) is 10.0 Å². The SMILES string of the molecule is Cc1cccc(-c2nc(C(C)C)no2)c1NC(=O)C(C)Oc1ccc(Cl)cc1Cl. The second kappa shape index (κ2) is 8.84. The Hall–Kier alpha value is -2.57. The first-order chi connectivity index (χ1) is 13.8. The predicted octanol–water partition coefficient (Wildman–Crippen LogP) is 5.88. The van der Waals surface area contributed by atoms with Crippen molar-refractivity contribution < 1.29 is 14.1 Å². The molecule has 0 saturated heterocycles. The van der Waals surface area contributed by atoms with Crippen LogP contribution in [-0.2, 0) is 4.79 Å². The Morgan fingerprint density at radius 2 is 1.93 bits per heavy atom. The van der Waals surface area contributed by atoms with Gasteiger partial charge in [-0.05, 0) is 43.7 Å². The van der Waals surface area contributed by atoms with E-state index in [0.717, 1.165) is 5.56 Å². The van der Waals surface area contributed by atoms with Gasteiger partial charge in [-0.3, -0.25) is 4.79 Å². The lowest BCUT2D eigenvalue weighted by Gasteiger charge is -2.17. The molecule has 1 atom stereocenters. The molecule has 0 aliphatic heterocycles. The van der Waals surface area contributed by atoms with Crippen LogP contribution in [-0.4, -0.2) is 22.2 Å². The van der Waals surface area contributed by atoms with Gasteiger partial charge in [0.05, 0.1) is 16.3 Å². The first kappa shape index (κ1) is 21.1. The minimum absolute atomic E-state index is 0.132. The summed E-state index contributed by atoms with van der Waals surface area (Å²) in [6.07, 6.45) is -0.796. The quantitative estimate of drug-likeness (QED) is 0.524. The Morgan fingerprint density at radius 1 is 1.17 bits per heavy atom. The van der Waals surface area contributed by atoms with Gasteiger partial charge < -0.3 is 14.6 Å². The lowest BCUT2D eigenvalue weighted by atomic mass is 10.1. The van der Waals surface area contributed by atoms with Gasteiger partial charge in [0.2, 0.25) is 0 Å². The summed E-state index contributed by atoms with van der Waals surface area (Å²) in [6, 6.07) is 10.4. The second-order valence-electron chi connectivity index (χ2n) is 6.93. The highest BCUT2D eigenvalue weighted by Crippen LogP contribution is 2.32. The molecule has 0 spiro atoms. The average molecular weight is 434 g/mol. The molecule has 1 unspecified atom stereocenters. The Morgan fingerprint density at radius 3 is 2.59 bits per heavy atom. The van der Waals surface area contributed by atoms with Crippen LogP contribution in [0.4, 0.5) is 5.69 Å². The third-order valence-corrected chi connectivity index (χ3v) is 4.81. The summed E-state index contributed by atoms with van der Waals surface area (Å²) in [7, 11) is 0. The van der Waals surface area contributed by atoms with Gasteiger partial charge in [-0.25, -0.2) is 0 Å². The Kier molecular flexibility index (Phi) is 6.45. The predicted molar refractivity (Wildman–Crippen MR) is 114 cm³/mol. The number of nitrogens with one attached hydrogen (secondary N) is 1. The molecule has 0 fully saturated rings. The zero-order valence-corrected chi connectivity index (χ0v) is 18.0. The zero-order chi connectivity index (χ0) is 21.1. The Bertz CT molecular complexity index is 1030. The van der Waals surface area contributed by atoms with Gasteiger partial charge in [0, 0.05) is 10.9 Å². The number of ether oxygens (including phenoxy) is 1. The lowest BCUT2D eigenvalue weighted by molar-refractivity contribution is -0.122. The Labute approximate surface area is 179 Å². The summed E-state index contributed by atoms with van der Waals surface area (Å²) in [5.74, 6) is 1.13. The molecule has 0 radical (unpaired) electrons. The van der Waals surface area contributed by atoms with E-state index in [-0.39, 0.29) is 11.8 Å². The number of halogens is 2. The third kappa shape index (κ3) is 4.89. The topological polar surface area (TPSA) is 77.3 Å². The number of aromatic nitrogens is 2.